The van der Waals surface area contributed by atoms with Crippen LogP contribution in [0.4, 0.5) is 13.2 Å². The smallest absolute Gasteiger partial charge is 0.303 e. The third-order valence-corrected chi connectivity index (χ3v) is 2.90. The van der Waals surface area contributed by atoms with Crippen LogP contribution >= 0.6 is 0 Å². The summed E-state index contributed by atoms with van der Waals surface area (Å²) in [5.74, 6) is 0. The molecule has 1 rings (SSSR count). The highest BCUT2D eigenvalue weighted by molar-refractivity contribution is 5.33. The molecule has 4 heteroatoms. The minimum atomic E-state index is -4.21. The molecule has 0 fully saturated rings. The minimum absolute atomic E-state index is 0.117. The second-order valence-corrected chi connectivity index (χ2v) is 4.30. The van der Waals surface area contributed by atoms with Crippen molar-refractivity contribution in [2.24, 2.45) is 0 Å². The maximum atomic E-state index is 12.6. The zero-order valence-corrected chi connectivity index (χ0v) is 9.93. The van der Waals surface area contributed by atoms with Gasteiger partial charge in [-0.2, -0.15) is 13.2 Å². The molecule has 0 radical (unpaired) electrons. The van der Waals surface area contributed by atoms with Crippen molar-refractivity contribution in [3.63, 3.8) is 0 Å². The predicted molar refractivity (Wildman–Crippen MR) is 59.2 cm³/mol. The topological polar surface area (TPSA) is 3.24 Å². The Hall–Kier alpha value is -0.770. The molecule has 0 saturated heterocycles. The molecule has 0 aromatic rings. The van der Waals surface area contributed by atoms with Crippen LogP contribution in [0.2, 0.25) is 0 Å². The lowest BCUT2D eigenvalue weighted by molar-refractivity contribution is -0.0887. The van der Waals surface area contributed by atoms with E-state index in [2.05, 4.69) is 0 Å². The summed E-state index contributed by atoms with van der Waals surface area (Å²) in [5.41, 5.74) is 0.399. The van der Waals surface area contributed by atoms with E-state index in [0.717, 1.165) is 18.4 Å². The number of nitrogens with zero attached hydrogens (tertiary/aromatic N) is 1. The fourth-order valence-electron chi connectivity index (χ4n) is 2.14. The molecule has 1 aliphatic carbocycles. The van der Waals surface area contributed by atoms with Crippen molar-refractivity contribution in [1.29, 1.82) is 0 Å². The quantitative estimate of drug-likeness (QED) is 0.720. The molecule has 16 heavy (non-hydrogen) atoms. The fraction of sp³-hybridized carbons (Fsp3) is 0.667. The van der Waals surface area contributed by atoms with Crippen molar-refractivity contribution < 1.29 is 13.2 Å². The Morgan fingerprint density at radius 3 is 2.44 bits per heavy atom. The van der Waals surface area contributed by atoms with Gasteiger partial charge in [-0.25, -0.2) is 0 Å². The van der Waals surface area contributed by atoms with Gasteiger partial charge in [0.25, 0.3) is 0 Å². The molecule has 0 spiro atoms. The van der Waals surface area contributed by atoms with E-state index in [4.69, 9.17) is 0 Å². The summed E-state index contributed by atoms with van der Waals surface area (Å²) >= 11 is 0. The molecule has 1 nitrogen and oxygen atoms in total. The number of rotatable bonds is 3. The molecular formula is C12H18F3N. The van der Waals surface area contributed by atoms with Crippen LogP contribution in [0.25, 0.3) is 0 Å². The summed E-state index contributed by atoms with van der Waals surface area (Å²) in [7, 11) is 3.81. The summed E-state index contributed by atoms with van der Waals surface area (Å²) in [5, 5.41) is 0. The summed E-state index contributed by atoms with van der Waals surface area (Å²) in [4.78, 5) is 1.98. The van der Waals surface area contributed by atoms with Crippen molar-refractivity contribution in [2.45, 2.75) is 38.4 Å². The molecule has 0 aliphatic heterocycles. The van der Waals surface area contributed by atoms with Crippen LogP contribution < -0.4 is 0 Å². The van der Waals surface area contributed by atoms with E-state index in [9.17, 15) is 13.2 Å². The zero-order valence-electron chi connectivity index (χ0n) is 9.93. The average Bonchev–Trinajstić information content (AvgIpc) is 2.17. The number of alkyl halides is 3. The minimum Gasteiger partial charge on any atom is -0.303 e. The first-order valence-corrected chi connectivity index (χ1v) is 5.50. The molecule has 0 N–H and O–H groups in total. The molecule has 1 unspecified atom stereocenters. The van der Waals surface area contributed by atoms with Gasteiger partial charge in [0.15, 0.2) is 0 Å². The van der Waals surface area contributed by atoms with E-state index in [1.807, 2.05) is 25.9 Å². The zero-order chi connectivity index (χ0) is 12.3. The first kappa shape index (κ1) is 13.3. The molecule has 1 aliphatic rings. The van der Waals surface area contributed by atoms with Gasteiger partial charge in [-0.05, 0) is 39.4 Å². The van der Waals surface area contributed by atoms with Crippen LogP contribution in [0.15, 0.2) is 23.3 Å². The number of hydrogen-bond donors (Lipinski definition) is 0. The van der Waals surface area contributed by atoms with E-state index >= 15 is 0 Å². The molecule has 0 heterocycles. The normalized spacial score (nSPS) is 19.4. The molecule has 1 atom stereocenters. The van der Waals surface area contributed by atoms with Crippen molar-refractivity contribution in [1.82, 2.24) is 4.90 Å². The summed E-state index contributed by atoms with van der Waals surface area (Å²) in [6.45, 7) is 2.00. The second-order valence-electron chi connectivity index (χ2n) is 4.30. The molecule has 0 bridgehead atoms. The number of halogens is 3. The molecule has 0 amide bonds. The van der Waals surface area contributed by atoms with Gasteiger partial charge in [0.2, 0.25) is 0 Å². The Morgan fingerprint density at radius 1 is 1.38 bits per heavy atom. The SMILES string of the molecule is CCC(C1=CC(C(F)(F)F)=CCC1)N(C)C. The average molecular weight is 233 g/mol. The highest BCUT2D eigenvalue weighted by Gasteiger charge is 2.33. The number of likely N-dealkylation sites (N-methyl/N-ethyl adjacent to an activating group) is 1. The van der Waals surface area contributed by atoms with Crippen molar-refractivity contribution >= 4 is 0 Å². The van der Waals surface area contributed by atoms with Crippen molar-refractivity contribution in [3.05, 3.63) is 23.3 Å². The maximum absolute atomic E-state index is 12.6. The Balaban J connectivity index is 2.91. The Bertz CT molecular complexity index is 300. The molecule has 92 valence electrons. The lowest BCUT2D eigenvalue weighted by atomic mass is 9.92. The highest BCUT2D eigenvalue weighted by atomic mass is 19.4. The third kappa shape index (κ3) is 3.11. The summed E-state index contributed by atoms with van der Waals surface area (Å²) < 4.78 is 37.7. The van der Waals surface area contributed by atoms with Gasteiger partial charge >= 0.3 is 6.18 Å². The van der Waals surface area contributed by atoms with E-state index in [1.165, 1.54) is 12.2 Å². The van der Waals surface area contributed by atoms with E-state index in [-0.39, 0.29) is 6.04 Å². The van der Waals surface area contributed by atoms with Crippen LogP contribution in [0, 0.1) is 0 Å². The first-order chi connectivity index (χ1) is 7.36. The lowest BCUT2D eigenvalue weighted by Gasteiger charge is -2.28. The molecule has 0 aromatic carbocycles. The second kappa shape index (κ2) is 5.04. The molecule has 0 aromatic heterocycles. The van der Waals surface area contributed by atoms with Crippen LogP contribution in [0.1, 0.15) is 26.2 Å². The van der Waals surface area contributed by atoms with Gasteiger partial charge in [0, 0.05) is 6.04 Å². The number of hydrogen-bond acceptors (Lipinski definition) is 1. The lowest BCUT2D eigenvalue weighted by Crippen LogP contribution is -2.30. The van der Waals surface area contributed by atoms with Gasteiger partial charge in [0.05, 0.1) is 5.57 Å². The fourth-order valence-corrected chi connectivity index (χ4v) is 2.14. The van der Waals surface area contributed by atoms with Crippen LogP contribution in [-0.4, -0.2) is 31.2 Å². The Kier molecular flexibility index (Phi) is 4.19. The van der Waals surface area contributed by atoms with E-state index < -0.39 is 11.7 Å². The first-order valence-electron chi connectivity index (χ1n) is 5.50. The van der Waals surface area contributed by atoms with Crippen molar-refractivity contribution in [2.75, 3.05) is 14.1 Å². The van der Waals surface area contributed by atoms with Crippen LogP contribution in [0.5, 0.6) is 0 Å². The predicted octanol–water partition coefficient (Wildman–Crippen LogP) is 3.54. The van der Waals surface area contributed by atoms with Gasteiger partial charge in [-0.1, -0.05) is 18.6 Å². The standard InChI is InChI=1S/C12H18F3N/c1-4-11(16(2)3)9-6-5-7-10(8-9)12(13,14)15/h7-8,11H,4-6H2,1-3H3. The van der Waals surface area contributed by atoms with E-state index in [0.29, 0.717) is 6.42 Å². The summed E-state index contributed by atoms with van der Waals surface area (Å²) in [6.07, 6.45) is 0.449. The van der Waals surface area contributed by atoms with E-state index in [1.54, 1.807) is 0 Å². The Labute approximate surface area is 94.6 Å². The van der Waals surface area contributed by atoms with Crippen molar-refractivity contribution in [3.8, 4) is 0 Å². The van der Waals surface area contributed by atoms with Gasteiger partial charge in [0.1, 0.15) is 0 Å². The molecule has 0 saturated carbocycles. The third-order valence-electron chi connectivity index (χ3n) is 2.90. The van der Waals surface area contributed by atoms with Crippen LogP contribution in [0.3, 0.4) is 0 Å². The number of allylic oxidation sites excluding steroid dienone is 3. The Morgan fingerprint density at radius 2 is 2.00 bits per heavy atom. The highest BCUT2D eigenvalue weighted by Crippen LogP contribution is 2.33. The monoisotopic (exact) mass is 233 g/mol. The summed E-state index contributed by atoms with van der Waals surface area (Å²) in [6, 6.07) is 0.117. The van der Waals surface area contributed by atoms with Crippen LogP contribution in [-0.2, 0) is 0 Å². The molecular weight excluding hydrogens is 215 g/mol. The van der Waals surface area contributed by atoms with Gasteiger partial charge in [-0.3, -0.25) is 0 Å². The largest absolute Gasteiger partial charge is 0.416 e. The van der Waals surface area contributed by atoms with Gasteiger partial charge < -0.3 is 4.90 Å². The van der Waals surface area contributed by atoms with Gasteiger partial charge in [-0.15, -0.1) is 0 Å². The maximum Gasteiger partial charge on any atom is 0.416 e.